The number of benzene rings is 1. The largest absolute Gasteiger partial charge is 0.334 e. The highest BCUT2D eigenvalue weighted by molar-refractivity contribution is 6.04. The van der Waals surface area contributed by atoms with Gasteiger partial charge >= 0.3 is 6.03 Å². The fourth-order valence-corrected chi connectivity index (χ4v) is 2.77. The lowest BCUT2D eigenvalue weighted by molar-refractivity contribution is -0.142. The molecule has 4 amide bonds. The molecule has 2 saturated heterocycles. The first-order valence-electron chi connectivity index (χ1n) is 7.08. The van der Waals surface area contributed by atoms with Crippen LogP contribution in [0.5, 0.6) is 0 Å². The van der Waals surface area contributed by atoms with Gasteiger partial charge in [0.25, 0.3) is 5.91 Å². The predicted octanol–water partition coefficient (Wildman–Crippen LogP) is 0.993. The molecule has 2 heterocycles. The summed E-state index contributed by atoms with van der Waals surface area (Å²) in [6.45, 7) is 0.347. The lowest BCUT2D eigenvalue weighted by Gasteiger charge is -2.41. The molecule has 1 aromatic rings. The van der Waals surface area contributed by atoms with Gasteiger partial charge in [-0.3, -0.25) is 14.5 Å². The van der Waals surface area contributed by atoms with Crippen LogP contribution in [0.3, 0.4) is 0 Å². The zero-order valence-corrected chi connectivity index (χ0v) is 12.2. The number of likely N-dealkylation sites (N-methyl/N-ethyl adjacent to an activating group) is 1. The third-order valence-electron chi connectivity index (χ3n) is 4.12. The van der Waals surface area contributed by atoms with Crippen LogP contribution in [0.1, 0.15) is 18.0 Å². The zero-order valence-electron chi connectivity index (χ0n) is 12.2. The lowest BCUT2D eigenvalue weighted by Crippen LogP contribution is -2.50. The van der Waals surface area contributed by atoms with Gasteiger partial charge in [-0.15, -0.1) is 0 Å². The average Bonchev–Trinajstić information content (AvgIpc) is 2.67. The summed E-state index contributed by atoms with van der Waals surface area (Å²) in [4.78, 5) is 39.7. The zero-order chi connectivity index (χ0) is 15.9. The fourth-order valence-electron chi connectivity index (χ4n) is 2.77. The van der Waals surface area contributed by atoms with Crippen LogP contribution in [-0.4, -0.2) is 59.2 Å². The summed E-state index contributed by atoms with van der Waals surface area (Å²) in [6.07, 6.45) is 0.791. The summed E-state index contributed by atoms with van der Waals surface area (Å²) in [6, 6.07) is 5.46. The van der Waals surface area contributed by atoms with Gasteiger partial charge in [0.2, 0.25) is 5.91 Å². The van der Waals surface area contributed by atoms with Gasteiger partial charge in [0.1, 0.15) is 18.9 Å². The van der Waals surface area contributed by atoms with Gasteiger partial charge in [0.05, 0.1) is 6.04 Å². The number of halogens is 1. The van der Waals surface area contributed by atoms with E-state index in [1.54, 1.807) is 17.0 Å². The molecule has 0 unspecified atom stereocenters. The second-order valence-electron chi connectivity index (χ2n) is 5.56. The van der Waals surface area contributed by atoms with Crippen LogP contribution in [0.4, 0.5) is 9.18 Å². The Morgan fingerprint density at radius 2 is 1.95 bits per heavy atom. The Bertz CT molecular complexity index is 631. The predicted molar refractivity (Wildman–Crippen MR) is 75.2 cm³/mol. The molecule has 2 aliphatic heterocycles. The number of urea groups is 1. The molecule has 2 aliphatic rings. The van der Waals surface area contributed by atoms with Crippen LogP contribution in [0.15, 0.2) is 24.3 Å². The van der Waals surface area contributed by atoms with Crippen molar-refractivity contribution in [2.45, 2.75) is 12.5 Å². The van der Waals surface area contributed by atoms with Crippen LogP contribution < -0.4 is 0 Å². The fraction of sp³-hybridized carbons (Fsp3) is 0.400. The van der Waals surface area contributed by atoms with Crippen molar-refractivity contribution in [1.82, 2.24) is 14.7 Å². The number of carbonyl (C=O) groups is 3. The van der Waals surface area contributed by atoms with Crippen molar-refractivity contribution >= 4 is 17.8 Å². The Morgan fingerprint density at radius 1 is 1.27 bits per heavy atom. The minimum atomic E-state index is -0.447. The molecule has 1 aromatic carbocycles. The maximum Gasteiger partial charge on any atom is 0.327 e. The summed E-state index contributed by atoms with van der Waals surface area (Å²) < 4.78 is 13.0. The van der Waals surface area contributed by atoms with Gasteiger partial charge in [-0.1, -0.05) is 12.1 Å². The molecule has 3 rings (SSSR count). The molecule has 22 heavy (non-hydrogen) atoms. The standard InChI is InChI=1S/C15H16FN3O3/c1-17-8-13(20)19(15(17)22)9-14(21)18-7-6-12(18)10-2-4-11(16)5-3-10/h2-5,12H,6-9H2,1H3/t12-/m0/s1. The first-order chi connectivity index (χ1) is 10.5. The second kappa shape index (κ2) is 5.40. The maximum absolute atomic E-state index is 13.0. The van der Waals surface area contributed by atoms with E-state index in [0.717, 1.165) is 16.9 Å². The molecule has 0 bridgehead atoms. The Balaban J connectivity index is 1.67. The second-order valence-corrected chi connectivity index (χ2v) is 5.56. The first-order valence-corrected chi connectivity index (χ1v) is 7.08. The van der Waals surface area contributed by atoms with Crippen LogP contribution >= 0.6 is 0 Å². The third kappa shape index (κ3) is 2.43. The molecule has 0 spiro atoms. The van der Waals surface area contributed by atoms with E-state index in [1.807, 2.05) is 0 Å². The Hall–Kier alpha value is -2.44. The van der Waals surface area contributed by atoms with E-state index >= 15 is 0 Å². The number of amides is 4. The summed E-state index contributed by atoms with van der Waals surface area (Å²) in [5.41, 5.74) is 0.859. The van der Waals surface area contributed by atoms with E-state index < -0.39 is 6.03 Å². The molecule has 6 nitrogen and oxygen atoms in total. The van der Waals surface area contributed by atoms with E-state index in [-0.39, 0.29) is 36.8 Å². The minimum Gasteiger partial charge on any atom is -0.334 e. The van der Waals surface area contributed by atoms with Crippen molar-refractivity contribution in [2.24, 2.45) is 0 Å². The van der Waals surface area contributed by atoms with Gasteiger partial charge in [0.15, 0.2) is 0 Å². The average molecular weight is 305 g/mol. The van der Waals surface area contributed by atoms with Crippen molar-refractivity contribution in [1.29, 1.82) is 0 Å². The number of carbonyl (C=O) groups excluding carboxylic acids is 3. The van der Waals surface area contributed by atoms with Crippen LogP contribution in [0.25, 0.3) is 0 Å². The molecular weight excluding hydrogens is 289 g/mol. The Morgan fingerprint density at radius 3 is 2.45 bits per heavy atom. The highest BCUT2D eigenvalue weighted by Crippen LogP contribution is 2.33. The van der Waals surface area contributed by atoms with Gasteiger partial charge < -0.3 is 9.80 Å². The van der Waals surface area contributed by atoms with Crippen molar-refractivity contribution in [2.75, 3.05) is 26.7 Å². The highest BCUT2D eigenvalue weighted by Gasteiger charge is 2.39. The smallest absolute Gasteiger partial charge is 0.327 e. The van der Waals surface area contributed by atoms with Gasteiger partial charge in [-0.2, -0.15) is 0 Å². The monoisotopic (exact) mass is 305 g/mol. The summed E-state index contributed by atoms with van der Waals surface area (Å²) in [7, 11) is 1.52. The third-order valence-corrected chi connectivity index (χ3v) is 4.12. The van der Waals surface area contributed by atoms with E-state index in [0.29, 0.717) is 6.54 Å². The number of likely N-dealkylation sites (tertiary alicyclic amines) is 1. The molecule has 7 heteroatoms. The molecule has 1 atom stereocenters. The Labute approximate surface area is 127 Å². The Kier molecular flexibility index (Phi) is 3.56. The quantitative estimate of drug-likeness (QED) is 0.783. The molecular formula is C15H16FN3O3. The molecule has 0 aromatic heterocycles. The number of hydrogen-bond acceptors (Lipinski definition) is 3. The normalized spacial score (nSPS) is 21.4. The summed E-state index contributed by atoms with van der Waals surface area (Å²) in [5, 5.41) is 0. The van der Waals surface area contributed by atoms with Crippen LogP contribution in [0, 0.1) is 5.82 Å². The van der Waals surface area contributed by atoms with Crippen LogP contribution in [0.2, 0.25) is 0 Å². The molecule has 0 aliphatic carbocycles. The number of hydrogen-bond donors (Lipinski definition) is 0. The van der Waals surface area contributed by atoms with E-state index in [1.165, 1.54) is 24.1 Å². The maximum atomic E-state index is 13.0. The summed E-state index contributed by atoms with van der Waals surface area (Å²) in [5.74, 6) is -0.950. The summed E-state index contributed by atoms with van der Waals surface area (Å²) >= 11 is 0. The topological polar surface area (TPSA) is 60.9 Å². The number of nitrogens with zero attached hydrogens (tertiary/aromatic N) is 3. The van der Waals surface area contributed by atoms with Gasteiger partial charge in [0, 0.05) is 13.6 Å². The first kappa shape index (κ1) is 14.5. The van der Waals surface area contributed by atoms with E-state index in [9.17, 15) is 18.8 Å². The molecule has 0 radical (unpaired) electrons. The van der Waals surface area contributed by atoms with Gasteiger partial charge in [-0.25, -0.2) is 9.18 Å². The lowest BCUT2D eigenvalue weighted by atomic mass is 9.94. The molecule has 116 valence electrons. The van der Waals surface area contributed by atoms with Crippen molar-refractivity contribution < 1.29 is 18.8 Å². The van der Waals surface area contributed by atoms with E-state index in [4.69, 9.17) is 0 Å². The molecule has 0 N–H and O–H groups in total. The van der Waals surface area contributed by atoms with Crippen LogP contribution in [-0.2, 0) is 9.59 Å². The number of imide groups is 1. The minimum absolute atomic E-state index is 0.00744. The molecule has 0 saturated carbocycles. The van der Waals surface area contributed by atoms with Gasteiger partial charge in [-0.05, 0) is 24.1 Å². The van der Waals surface area contributed by atoms with Crippen molar-refractivity contribution in [3.63, 3.8) is 0 Å². The SMILES string of the molecule is CN1CC(=O)N(CC(=O)N2CC[C@H]2c2ccc(F)cc2)C1=O. The van der Waals surface area contributed by atoms with Crippen molar-refractivity contribution in [3.8, 4) is 0 Å². The molecule has 2 fully saturated rings. The van der Waals surface area contributed by atoms with Crippen molar-refractivity contribution in [3.05, 3.63) is 35.6 Å². The number of rotatable bonds is 3. The highest BCUT2D eigenvalue weighted by atomic mass is 19.1. The van der Waals surface area contributed by atoms with E-state index in [2.05, 4.69) is 0 Å².